The van der Waals surface area contributed by atoms with E-state index >= 15 is 0 Å². The average Bonchev–Trinajstić information content (AvgIpc) is 3.47. The highest BCUT2D eigenvalue weighted by atomic mass is 16.5. The van der Waals surface area contributed by atoms with Crippen LogP contribution in [-0.2, 0) is 11.8 Å². The van der Waals surface area contributed by atoms with E-state index in [2.05, 4.69) is 15.5 Å². The number of ether oxygens (including phenoxy) is 1. The lowest BCUT2D eigenvalue weighted by Crippen LogP contribution is -2.18. The lowest BCUT2D eigenvalue weighted by atomic mass is 10.0. The first-order chi connectivity index (χ1) is 17.5. The zero-order chi connectivity index (χ0) is 25.2. The summed E-state index contributed by atoms with van der Waals surface area (Å²) in [6.45, 7) is 3.87. The number of fused-ring (bicyclic) bond motifs is 1. The van der Waals surface area contributed by atoms with Crippen LogP contribution in [0.15, 0.2) is 73.1 Å². The minimum absolute atomic E-state index is 0.163. The molecule has 0 saturated heterocycles. The van der Waals surface area contributed by atoms with Crippen molar-refractivity contribution in [1.29, 1.82) is 0 Å². The van der Waals surface area contributed by atoms with Gasteiger partial charge in [0.2, 0.25) is 0 Å². The topological polar surface area (TPSA) is 104 Å². The Balaban J connectivity index is 1.63. The van der Waals surface area contributed by atoms with Gasteiger partial charge in [-0.25, -0.2) is 14.5 Å². The third kappa shape index (κ3) is 4.11. The number of aryl methyl sites for hydroxylation is 1. The van der Waals surface area contributed by atoms with Crippen molar-refractivity contribution in [3.63, 3.8) is 0 Å². The van der Waals surface area contributed by atoms with Gasteiger partial charge in [0, 0.05) is 23.7 Å². The molecule has 3 aromatic heterocycles. The van der Waals surface area contributed by atoms with Crippen molar-refractivity contribution < 1.29 is 14.3 Å². The zero-order valence-electron chi connectivity index (χ0n) is 20.1. The van der Waals surface area contributed by atoms with Crippen LogP contribution in [0.1, 0.15) is 33.3 Å². The van der Waals surface area contributed by atoms with Crippen LogP contribution in [0, 0.1) is 6.92 Å². The largest absolute Gasteiger partial charge is 0.462 e. The number of rotatable bonds is 6. The maximum absolute atomic E-state index is 13.8. The molecule has 1 N–H and O–H groups in total. The molecule has 0 spiro atoms. The summed E-state index contributed by atoms with van der Waals surface area (Å²) in [5, 5.41) is 12.3. The van der Waals surface area contributed by atoms with Gasteiger partial charge in [-0.3, -0.25) is 9.48 Å². The van der Waals surface area contributed by atoms with Crippen molar-refractivity contribution in [3.05, 3.63) is 89.9 Å². The lowest BCUT2D eigenvalue weighted by Gasteiger charge is -2.13. The van der Waals surface area contributed by atoms with Crippen LogP contribution >= 0.6 is 0 Å². The van der Waals surface area contributed by atoms with Crippen LogP contribution in [0.3, 0.4) is 0 Å². The van der Waals surface area contributed by atoms with Gasteiger partial charge >= 0.3 is 5.97 Å². The highest BCUT2D eigenvalue weighted by Gasteiger charge is 2.24. The third-order valence-corrected chi connectivity index (χ3v) is 5.97. The van der Waals surface area contributed by atoms with E-state index < -0.39 is 11.9 Å². The fourth-order valence-electron chi connectivity index (χ4n) is 4.02. The Morgan fingerprint density at radius 2 is 1.72 bits per heavy atom. The minimum Gasteiger partial charge on any atom is -0.462 e. The summed E-state index contributed by atoms with van der Waals surface area (Å²) in [7, 11) is 1.86. The zero-order valence-corrected chi connectivity index (χ0v) is 20.1. The van der Waals surface area contributed by atoms with Gasteiger partial charge in [0.05, 0.1) is 41.5 Å². The molecule has 9 heteroatoms. The smallest absolute Gasteiger partial charge is 0.343 e. The molecule has 5 aromatic rings. The van der Waals surface area contributed by atoms with Crippen molar-refractivity contribution >= 4 is 28.6 Å². The number of amides is 1. The van der Waals surface area contributed by atoms with E-state index in [9.17, 15) is 9.59 Å². The Morgan fingerprint density at radius 3 is 2.44 bits per heavy atom. The fourth-order valence-corrected chi connectivity index (χ4v) is 4.02. The predicted molar refractivity (Wildman–Crippen MR) is 136 cm³/mol. The van der Waals surface area contributed by atoms with Gasteiger partial charge in [-0.2, -0.15) is 10.2 Å². The molecule has 180 valence electrons. The Kier molecular flexibility index (Phi) is 6.03. The summed E-state index contributed by atoms with van der Waals surface area (Å²) in [5.74, 6) is -0.745. The van der Waals surface area contributed by atoms with Crippen LogP contribution in [-0.4, -0.2) is 43.0 Å². The molecule has 0 aliphatic rings. The first-order valence-electron chi connectivity index (χ1n) is 11.5. The molecule has 0 bridgehead atoms. The molecule has 0 atom stereocenters. The summed E-state index contributed by atoms with van der Waals surface area (Å²) < 4.78 is 8.48. The monoisotopic (exact) mass is 480 g/mol. The van der Waals surface area contributed by atoms with E-state index in [1.165, 1.54) is 10.9 Å². The number of esters is 1. The first-order valence-corrected chi connectivity index (χ1v) is 11.5. The summed E-state index contributed by atoms with van der Waals surface area (Å²) >= 11 is 0. The Bertz CT molecular complexity index is 1590. The Hall–Kier alpha value is -4.79. The lowest BCUT2D eigenvalue weighted by molar-refractivity contribution is 0.0527. The summed E-state index contributed by atoms with van der Waals surface area (Å²) in [6.07, 6.45) is 3.13. The highest BCUT2D eigenvalue weighted by Crippen LogP contribution is 2.28. The van der Waals surface area contributed by atoms with Crippen LogP contribution < -0.4 is 5.32 Å². The molecule has 0 radical (unpaired) electrons. The molecule has 1 amide bonds. The molecule has 0 unspecified atom stereocenters. The molecule has 0 saturated carbocycles. The van der Waals surface area contributed by atoms with E-state index in [0.29, 0.717) is 27.8 Å². The van der Waals surface area contributed by atoms with Gasteiger partial charge < -0.3 is 10.1 Å². The van der Waals surface area contributed by atoms with Crippen LogP contribution in [0.2, 0.25) is 0 Å². The minimum atomic E-state index is -0.568. The maximum atomic E-state index is 13.8. The maximum Gasteiger partial charge on any atom is 0.343 e. The van der Waals surface area contributed by atoms with Crippen LogP contribution in [0.25, 0.3) is 27.8 Å². The number of nitrogens with one attached hydrogen (secondary N) is 1. The molecule has 0 aliphatic heterocycles. The second kappa shape index (κ2) is 9.46. The number of hydrogen-bond acceptors (Lipinski definition) is 6. The molecule has 9 nitrogen and oxygen atoms in total. The van der Waals surface area contributed by atoms with Crippen LogP contribution in [0.4, 0.5) is 5.82 Å². The summed E-state index contributed by atoms with van der Waals surface area (Å²) in [5.41, 5.74) is 4.33. The standard InChI is InChI=1S/C27H24N6O3/c1-4-36-27(35)22-16-29-33(18-10-6-5-7-11-18)25(22)31-26(34)20-14-24(21-15-28-32(3)17(21)2)30-23-13-9-8-12-19(20)23/h5-16H,4H2,1-3H3,(H,31,34). The van der Waals surface area contributed by atoms with E-state index in [1.54, 1.807) is 23.9 Å². The molecular formula is C27H24N6O3. The van der Waals surface area contributed by atoms with E-state index in [1.807, 2.05) is 68.6 Å². The van der Waals surface area contributed by atoms with Gasteiger partial charge in [-0.1, -0.05) is 36.4 Å². The molecule has 0 fully saturated rings. The highest BCUT2D eigenvalue weighted by molar-refractivity contribution is 6.14. The molecule has 0 aliphatic carbocycles. The number of benzene rings is 2. The second-order valence-electron chi connectivity index (χ2n) is 8.17. The van der Waals surface area contributed by atoms with E-state index in [4.69, 9.17) is 9.72 Å². The predicted octanol–water partition coefficient (Wildman–Crippen LogP) is 4.56. The SMILES string of the molecule is CCOC(=O)c1cnn(-c2ccccc2)c1NC(=O)c1cc(-c2cnn(C)c2C)nc2ccccc12. The van der Waals surface area contributed by atoms with Crippen LogP contribution in [0.5, 0.6) is 0 Å². The number of carbonyl (C=O) groups is 2. The van der Waals surface area contributed by atoms with E-state index in [-0.39, 0.29) is 18.0 Å². The van der Waals surface area contributed by atoms with E-state index in [0.717, 1.165) is 11.3 Å². The third-order valence-electron chi connectivity index (χ3n) is 5.97. The van der Waals surface area contributed by atoms with Crippen molar-refractivity contribution in [2.45, 2.75) is 13.8 Å². The van der Waals surface area contributed by atoms with Crippen molar-refractivity contribution in [3.8, 4) is 16.9 Å². The van der Waals surface area contributed by atoms with Crippen molar-refractivity contribution in [2.24, 2.45) is 7.05 Å². The first kappa shape index (κ1) is 23.0. The van der Waals surface area contributed by atoms with Crippen molar-refractivity contribution in [2.75, 3.05) is 11.9 Å². The second-order valence-corrected chi connectivity index (χ2v) is 8.17. The summed E-state index contributed by atoms with van der Waals surface area (Å²) in [4.78, 5) is 31.2. The molecule has 2 aromatic carbocycles. The van der Waals surface area contributed by atoms with Crippen molar-refractivity contribution in [1.82, 2.24) is 24.5 Å². The Labute approximate surface area is 207 Å². The van der Waals surface area contributed by atoms with Gasteiger partial charge in [-0.05, 0) is 38.1 Å². The normalized spacial score (nSPS) is 11.0. The van der Waals surface area contributed by atoms with Gasteiger partial charge in [-0.15, -0.1) is 0 Å². The number of hydrogen-bond donors (Lipinski definition) is 1. The van der Waals surface area contributed by atoms with Gasteiger partial charge in [0.15, 0.2) is 5.82 Å². The molecule has 5 rings (SSSR count). The van der Waals surface area contributed by atoms with Gasteiger partial charge in [0.25, 0.3) is 5.91 Å². The number of anilines is 1. The molecular weight excluding hydrogens is 456 g/mol. The molecule has 3 heterocycles. The number of para-hydroxylation sites is 2. The summed E-state index contributed by atoms with van der Waals surface area (Å²) in [6, 6.07) is 18.4. The number of pyridine rings is 1. The number of carbonyl (C=O) groups excluding carboxylic acids is 2. The number of nitrogens with zero attached hydrogens (tertiary/aromatic N) is 5. The fraction of sp³-hybridized carbons (Fsp3) is 0.148. The average molecular weight is 481 g/mol. The number of aromatic nitrogens is 5. The quantitative estimate of drug-likeness (QED) is 0.358. The van der Waals surface area contributed by atoms with Gasteiger partial charge in [0.1, 0.15) is 5.56 Å². The molecule has 36 heavy (non-hydrogen) atoms. The Morgan fingerprint density at radius 1 is 0.972 bits per heavy atom.